The van der Waals surface area contributed by atoms with Crippen LogP contribution in [0.25, 0.3) is 0 Å². The Morgan fingerprint density at radius 2 is 1.65 bits per heavy atom. The Morgan fingerprint density at radius 1 is 1.00 bits per heavy atom. The van der Waals surface area contributed by atoms with Crippen LogP contribution in [0.2, 0.25) is 0 Å². The van der Waals surface area contributed by atoms with Gasteiger partial charge in [0.25, 0.3) is 0 Å². The van der Waals surface area contributed by atoms with Crippen molar-refractivity contribution in [1.82, 2.24) is 4.90 Å². The number of aliphatic hydroxyl groups is 1. The number of nitrogens with zero attached hydrogens (tertiary/aromatic N) is 1. The fourth-order valence-electron chi connectivity index (χ4n) is 3.10. The van der Waals surface area contributed by atoms with Gasteiger partial charge in [-0.1, -0.05) is 46.0 Å². The zero-order valence-electron chi connectivity index (χ0n) is 11.8. The molecule has 1 rings (SSSR count). The molecule has 0 radical (unpaired) electrons. The van der Waals surface area contributed by atoms with Gasteiger partial charge in [-0.25, -0.2) is 0 Å². The summed E-state index contributed by atoms with van der Waals surface area (Å²) in [5.41, 5.74) is 0. The highest BCUT2D eigenvalue weighted by molar-refractivity contribution is 4.72. The fraction of sp³-hybridized carbons (Fsp3) is 1.00. The zero-order valence-corrected chi connectivity index (χ0v) is 11.8. The van der Waals surface area contributed by atoms with Gasteiger partial charge in [-0.2, -0.15) is 0 Å². The summed E-state index contributed by atoms with van der Waals surface area (Å²) < 4.78 is 0. The van der Waals surface area contributed by atoms with Crippen LogP contribution in [0.5, 0.6) is 0 Å². The highest BCUT2D eigenvalue weighted by Gasteiger charge is 2.19. The average molecular weight is 241 g/mol. The molecule has 0 aliphatic heterocycles. The molecule has 0 amide bonds. The van der Waals surface area contributed by atoms with Crippen molar-refractivity contribution in [2.24, 2.45) is 11.8 Å². The smallest absolute Gasteiger partial charge is 0.0558 e. The van der Waals surface area contributed by atoms with Crippen LogP contribution in [0.15, 0.2) is 0 Å². The molecule has 1 N–H and O–H groups in total. The summed E-state index contributed by atoms with van der Waals surface area (Å²) in [6, 6.07) is 0. The standard InChI is InChI=1S/C15H31NO/c1-3-14-7-9-15(10-8-14)6-5-11-16(4-2)12-13-17/h14-15,17H,3-13H2,1-2H3. The first-order valence-electron chi connectivity index (χ1n) is 7.63. The van der Waals surface area contributed by atoms with Gasteiger partial charge < -0.3 is 10.0 Å². The summed E-state index contributed by atoms with van der Waals surface area (Å²) in [5, 5.41) is 8.93. The lowest BCUT2D eigenvalue weighted by Crippen LogP contribution is -2.28. The van der Waals surface area contributed by atoms with Crippen molar-refractivity contribution in [3.8, 4) is 0 Å². The number of aliphatic hydroxyl groups excluding tert-OH is 1. The topological polar surface area (TPSA) is 23.5 Å². The Balaban J connectivity index is 2.06. The van der Waals surface area contributed by atoms with E-state index in [-0.39, 0.29) is 0 Å². The van der Waals surface area contributed by atoms with E-state index in [2.05, 4.69) is 18.7 Å². The van der Waals surface area contributed by atoms with Crippen molar-refractivity contribution < 1.29 is 5.11 Å². The summed E-state index contributed by atoms with van der Waals surface area (Å²) in [6.45, 7) is 7.91. The van der Waals surface area contributed by atoms with Gasteiger partial charge in [-0.3, -0.25) is 0 Å². The first-order chi connectivity index (χ1) is 8.30. The van der Waals surface area contributed by atoms with Crippen LogP contribution >= 0.6 is 0 Å². The normalized spacial score (nSPS) is 25.4. The van der Waals surface area contributed by atoms with Gasteiger partial charge in [0.15, 0.2) is 0 Å². The van der Waals surface area contributed by atoms with Gasteiger partial charge >= 0.3 is 0 Å². The maximum atomic E-state index is 8.93. The molecule has 1 aliphatic rings. The lowest BCUT2D eigenvalue weighted by molar-refractivity contribution is 0.190. The Kier molecular flexibility index (Phi) is 7.87. The number of hydrogen-bond acceptors (Lipinski definition) is 2. The van der Waals surface area contributed by atoms with Crippen molar-refractivity contribution in [3.63, 3.8) is 0 Å². The lowest BCUT2D eigenvalue weighted by atomic mass is 9.79. The molecule has 1 aliphatic carbocycles. The monoisotopic (exact) mass is 241 g/mol. The average Bonchev–Trinajstić information content (AvgIpc) is 2.38. The predicted molar refractivity (Wildman–Crippen MR) is 74.2 cm³/mol. The van der Waals surface area contributed by atoms with Crippen LogP contribution in [0.4, 0.5) is 0 Å². The van der Waals surface area contributed by atoms with E-state index in [4.69, 9.17) is 5.11 Å². The molecule has 0 saturated heterocycles. The largest absolute Gasteiger partial charge is 0.395 e. The molecule has 0 spiro atoms. The molecule has 1 saturated carbocycles. The van der Waals surface area contributed by atoms with E-state index in [9.17, 15) is 0 Å². The maximum Gasteiger partial charge on any atom is 0.0558 e. The van der Waals surface area contributed by atoms with Gasteiger partial charge in [-0.15, -0.1) is 0 Å². The van der Waals surface area contributed by atoms with Gasteiger partial charge in [0.2, 0.25) is 0 Å². The van der Waals surface area contributed by atoms with Crippen molar-refractivity contribution >= 4 is 0 Å². The molecule has 2 heteroatoms. The molecule has 0 bridgehead atoms. The van der Waals surface area contributed by atoms with Crippen LogP contribution in [0.1, 0.15) is 58.8 Å². The summed E-state index contributed by atoms with van der Waals surface area (Å²) in [7, 11) is 0. The van der Waals surface area contributed by atoms with Crippen LogP contribution in [0.3, 0.4) is 0 Å². The summed E-state index contributed by atoms with van der Waals surface area (Å²) in [5.74, 6) is 2.01. The lowest BCUT2D eigenvalue weighted by Gasteiger charge is -2.28. The quantitative estimate of drug-likeness (QED) is 0.705. The number of hydrogen-bond donors (Lipinski definition) is 1. The molecule has 0 aromatic rings. The van der Waals surface area contributed by atoms with E-state index in [0.717, 1.165) is 24.9 Å². The van der Waals surface area contributed by atoms with Gasteiger partial charge in [-0.05, 0) is 37.8 Å². The first kappa shape index (κ1) is 15.0. The summed E-state index contributed by atoms with van der Waals surface area (Å²) >= 11 is 0. The minimum absolute atomic E-state index is 0.301. The second-order valence-corrected chi connectivity index (χ2v) is 5.60. The number of rotatable bonds is 8. The minimum Gasteiger partial charge on any atom is -0.395 e. The summed E-state index contributed by atoms with van der Waals surface area (Å²) in [4.78, 5) is 2.36. The van der Waals surface area contributed by atoms with E-state index < -0.39 is 0 Å². The van der Waals surface area contributed by atoms with Crippen LogP contribution in [0, 0.1) is 11.8 Å². The first-order valence-corrected chi connectivity index (χ1v) is 7.63. The molecular weight excluding hydrogens is 210 g/mol. The molecule has 0 atom stereocenters. The van der Waals surface area contributed by atoms with Gasteiger partial charge in [0, 0.05) is 6.54 Å². The molecule has 0 unspecified atom stereocenters. The van der Waals surface area contributed by atoms with E-state index in [1.54, 1.807) is 0 Å². The third-order valence-electron chi connectivity index (χ3n) is 4.49. The molecule has 1 fully saturated rings. The second kappa shape index (κ2) is 8.93. The van der Waals surface area contributed by atoms with Crippen LogP contribution < -0.4 is 0 Å². The second-order valence-electron chi connectivity index (χ2n) is 5.60. The van der Waals surface area contributed by atoms with Crippen molar-refractivity contribution in [2.45, 2.75) is 58.8 Å². The van der Waals surface area contributed by atoms with Gasteiger partial charge in [0.1, 0.15) is 0 Å². The van der Waals surface area contributed by atoms with E-state index in [0.29, 0.717) is 6.61 Å². The highest BCUT2D eigenvalue weighted by atomic mass is 16.3. The molecule has 0 aromatic carbocycles. The SMILES string of the molecule is CCC1CCC(CCCN(CC)CCO)CC1. The summed E-state index contributed by atoms with van der Waals surface area (Å²) in [6.07, 6.45) is 9.96. The van der Waals surface area contributed by atoms with E-state index in [1.165, 1.54) is 51.5 Å². The Bertz CT molecular complexity index is 176. The maximum absolute atomic E-state index is 8.93. The zero-order chi connectivity index (χ0) is 12.5. The fourth-order valence-corrected chi connectivity index (χ4v) is 3.10. The van der Waals surface area contributed by atoms with E-state index in [1.807, 2.05) is 0 Å². The van der Waals surface area contributed by atoms with Crippen molar-refractivity contribution in [2.75, 3.05) is 26.2 Å². The Morgan fingerprint density at radius 3 is 2.18 bits per heavy atom. The van der Waals surface area contributed by atoms with Crippen LogP contribution in [-0.2, 0) is 0 Å². The molecule has 0 heterocycles. The third-order valence-corrected chi connectivity index (χ3v) is 4.49. The van der Waals surface area contributed by atoms with Crippen molar-refractivity contribution in [1.29, 1.82) is 0 Å². The molecule has 2 nitrogen and oxygen atoms in total. The number of likely N-dealkylation sites (N-methyl/N-ethyl adjacent to an activating group) is 1. The molecule has 0 aromatic heterocycles. The van der Waals surface area contributed by atoms with Crippen molar-refractivity contribution in [3.05, 3.63) is 0 Å². The van der Waals surface area contributed by atoms with Gasteiger partial charge in [0.05, 0.1) is 6.61 Å². The molecular formula is C15H31NO. The van der Waals surface area contributed by atoms with Crippen LogP contribution in [-0.4, -0.2) is 36.2 Å². The third kappa shape index (κ3) is 5.87. The molecule has 17 heavy (non-hydrogen) atoms. The Hall–Kier alpha value is -0.0800. The van der Waals surface area contributed by atoms with E-state index >= 15 is 0 Å². The highest BCUT2D eigenvalue weighted by Crippen LogP contribution is 2.32. The Labute approximate surface area is 107 Å². The predicted octanol–water partition coefficient (Wildman–Crippen LogP) is 3.30. The minimum atomic E-state index is 0.301. The molecule has 102 valence electrons.